The molecular formula is C6H7ClN2O. The number of hydrogen-bond donors (Lipinski definition) is 2. The molecule has 0 aliphatic carbocycles. The molecule has 54 valence electrons. The van der Waals surface area contributed by atoms with Gasteiger partial charge in [0.1, 0.15) is 5.15 Å². The number of hydrogen-bond acceptors (Lipinski definition) is 3. The second-order valence-corrected chi connectivity index (χ2v) is 2.22. The van der Waals surface area contributed by atoms with Crippen molar-refractivity contribution in [3.63, 3.8) is 0 Å². The van der Waals surface area contributed by atoms with Gasteiger partial charge in [-0.3, -0.25) is 0 Å². The monoisotopic (exact) mass is 158 g/mol. The highest BCUT2D eigenvalue weighted by atomic mass is 35.5. The van der Waals surface area contributed by atoms with Crippen LogP contribution >= 0.6 is 11.6 Å². The molecule has 10 heavy (non-hydrogen) atoms. The normalized spacial score (nSPS) is 9.80. The summed E-state index contributed by atoms with van der Waals surface area (Å²) in [6, 6.07) is 3.19. The van der Waals surface area contributed by atoms with Gasteiger partial charge >= 0.3 is 0 Å². The molecule has 0 fully saturated rings. The molecule has 3 nitrogen and oxygen atoms in total. The minimum atomic E-state index is -0.174. The second-order valence-electron chi connectivity index (χ2n) is 1.83. The Morgan fingerprint density at radius 1 is 1.60 bits per heavy atom. The molecule has 0 aromatic carbocycles. The van der Waals surface area contributed by atoms with E-state index in [0.29, 0.717) is 16.5 Å². The van der Waals surface area contributed by atoms with Gasteiger partial charge < -0.3 is 10.8 Å². The average molecular weight is 159 g/mol. The summed E-state index contributed by atoms with van der Waals surface area (Å²) < 4.78 is 0. The lowest BCUT2D eigenvalue weighted by Crippen LogP contribution is -1.96. The molecule has 0 aliphatic rings. The summed E-state index contributed by atoms with van der Waals surface area (Å²) in [7, 11) is 0. The predicted molar refractivity (Wildman–Crippen MR) is 39.6 cm³/mol. The highest BCUT2D eigenvalue weighted by Crippen LogP contribution is 2.12. The van der Waals surface area contributed by atoms with Crippen molar-refractivity contribution in [1.82, 2.24) is 4.98 Å². The molecule has 1 aromatic rings. The van der Waals surface area contributed by atoms with Crippen molar-refractivity contribution < 1.29 is 5.11 Å². The summed E-state index contributed by atoms with van der Waals surface area (Å²) in [4.78, 5) is 3.78. The SMILES string of the molecule is Nc1ccc(Cl)nc1CO. The van der Waals surface area contributed by atoms with Crippen molar-refractivity contribution in [3.8, 4) is 0 Å². The first kappa shape index (κ1) is 7.31. The van der Waals surface area contributed by atoms with Gasteiger partial charge in [0.25, 0.3) is 0 Å². The van der Waals surface area contributed by atoms with E-state index in [-0.39, 0.29) is 6.61 Å². The van der Waals surface area contributed by atoms with Crippen LogP contribution in [0.4, 0.5) is 5.69 Å². The molecule has 4 heteroatoms. The van der Waals surface area contributed by atoms with Crippen molar-refractivity contribution in [3.05, 3.63) is 23.0 Å². The summed E-state index contributed by atoms with van der Waals surface area (Å²) >= 11 is 5.52. The van der Waals surface area contributed by atoms with Crippen molar-refractivity contribution in [1.29, 1.82) is 0 Å². The molecule has 0 spiro atoms. The largest absolute Gasteiger partial charge is 0.397 e. The van der Waals surface area contributed by atoms with E-state index < -0.39 is 0 Å². The van der Waals surface area contributed by atoms with E-state index in [1.165, 1.54) is 0 Å². The minimum Gasteiger partial charge on any atom is -0.397 e. The molecule has 0 amide bonds. The van der Waals surface area contributed by atoms with Gasteiger partial charge in [0.05, 0.1) is 18.0 Å². The smallest absolute Gasteiger partial charge is 0.129 e. The van der Waals surface area contributed by atoms with E-state index in [1.54, 1.807) is 12.1 Å². The minimum absolute atomic E-state index is 0.174. The van der Waals surface area contributed by atoms with Gasteiger partial charge in [0.2, 0.25) is 0 Å². The summed E-state index contributed by atoms with van der Waals surface area (Å²) in [5.74, 6) is 0. The molecule has 1 heterocycles. The van der Waals surface area contributed by atoms with Gasteiger partial charge in [0.15, 0.2) is 0 Å². The Kier molecular flexibility index (Phi) is 2.09. The van der Waals surface area contributed by atoms with Gasteiger partial charge in [-0.05, 0) is 12.1 Å². The highest BCUT2D eigenvalue weighted by molar-refractivity contribution is 6.29. The van der Waals surface area contributed by atoms with Gasteiger partial charge in [-0.25, -0.2) is 4.98 Å². The number of nitrogens with zero attached hydrogens (tertiary/aromatic N) is 1. The molecule has 1 rings (SSSR count). The number of aliphatic hydroxyl groups excluding tert-OH is 1. The zero-order valence-electron chi connectivity index (χ0n) is 5.21. The summed E-state index contributed by atoms with van der Waals surface area (Å²) in [6.45, 7) is -0.174. The van der Waals surface area contributed by atoms with E-state index in [4.69, 9.17) is 22.4 Å². The summed E-state index contributed by atoms with van der Waals surface area (Å²) in [6.07, 6.45) is 0. The molecular weight excluding hydrogens is 152 g/mol. The Morgan fingerprint density at radius 2 is 2.30 bits per heavy atom. The third-order valence-corrected chi connectivity index (χ3v) is 1.34. The molecule has 0 radical (unpaired) electrons. The zero-order valence-corrected chi connectivity index (χ0v) is 5.97. The molecule has 0 aliphatic heterocycles. The Bertz CT molecular complexity index is 239. The van der Waals surface area contributed by atoms with E-state index in [0.717, 1.165) is 0 Å². The standard InChI is InChI=1S/C6H7ClN2O/c7-6-2-1-4(8)5(3-10)9-6/h1-2,10H,3,8H2. The van der Waals surface area contributed by atoms with Crippen molar-refractivity contribution in [2.24, 2.45) is 0 Å². The fourth-order valence-corrected chi connectivity index (χ4v) is 0.777. The van der Waals surface area contributed by atoms with Crippen LogP contribution < -0.4 is 5.73 Å². The lowest BCUT2D eigenvalue weighted by Gasteiger charge is -1.99. The van der Waals surface area contributed by atoms with Crippen molar-refractivity contribution in [2.75, 3.05) is 5.73 Å². The van der Waals surface area contributed by atoms with Crippen LogP contribution in [0.3, 0.4) is 0 Å². The third-order valence-electron chi connectivity index (χ3n) is 1.13. The van der Waals surface area contributed by atoms with Crippen LogP contribution in [0.1, 0.15) is 5.69 Å². The van der Waals surface area contributed by atoms with Gasteiger partial charge in [0, 0.05) is 0 Å². The van der Waals surface area contributed by atoms with Crippen LogP contribution in [0, 0.1) is 0 Å². The van der Waals surface area contributed by atoms with Gasteiger partial charge in [-0.15, -0.1) is 0 Å². The molecule has 0 atom stereocenters. The second kappa shape index (κ2) is 2.86. The third kappa shape index (κ3) is 1.37. The summed E-state index contributed by atoms with van der Waals surface area (Å²) in [5.41, 5.74) is 6.31. The van der Waals surface area contributed by atoms with Crippen LogP contribution in [0.15, 0.2) is 12.1 Å². The zero-order chi connectivity index (χ0) is 7.56. The van der Waals surface area contributed by atoms with Crippen LogP contribution in [0.5, 0.6) is 0 Å². The number of nitrogens with two attached hydrogens (primary N) is 1. The molecule has 0 saturated heterocycles. The Labute approximate surface area is 63.5 Å². The molecule has 3 N–H and O–H groups in total. The average Bonchev–Trinajstić information content (AvgIpc) is 1.94. The van der Waals surface area contributed by atoms with Crippen molar-refractivity contribution >= 4 is 17.3 Å². The molecule has 0 unspecified atom stereocenters. The van der Waals surface area contributed by atoms with Gasteiger partial charge in [-0.1, -0.05) is 11.6 Å². The van der Waals surface area contributed by atoms with E-state index >= 15 is 0 Å². The lowest BCUT2D eigenvalue weighted by atomic mass is 10.3. The predicted octanol–water partition coefficient (Wildman–Crippen LogP) is 0.810. The number of pyridine rings is 1. The van der Waals surface area contributed by atoms with E-state index in [2.05, 4.69) is 4.98 Å². The lowest BCUT2D eigenvalue weighted by molar-refractivity contribution is 0.277. The number of rotatable bonds is 1. The van der Waals surface area contributed by atoms with Gasteiger partial charge in [-0.2, -0.15) is 0 Å². The number of aliphatic hydroxyl groups is 1. The fraction of sp³-hybridized carbons (Fsp3) is 0.167. The maximum absolute atomic E-state index is 8.64. The number of nitrogen functional groups attached to an aromatic ring is 1. The maximum atomic E-state index is 8.64. The highest BCUT2D eigenvalue weighted by Gasteiger charge is 1.98. The Balaban J connectivity index is 3.09. The van der Waals surface area contributed by atoms with Crippen LogP contribution in [-0.4, -0.2) is 10.1 Å². The topological polar surface area (TPSA) is 59.1 Å². The first-order valence-electron chi connectivity index (χ1n) is 2.76. The van der Waals surface area contributed by atoms with Crippen LogP contribution in [-0.2, 0) is 6.61 Å². The van der Waals surface area contributed by atoms with E-state index in [1.807, 2.05) is 0 Å². The quantitative estimate of drug-likeness (QED) is 0.595. The van der Waals surface area contributed by atoms with Crippen LogP contribution in [0.2, 0.25) is 5.15 Å². The van der Waals surface area contributed by atoms with E-state index in [9.17, 15) is 0 Å². The fourth-order valence-electron chi connectivity index (χ4n) is 0.612. The maximum Gasteiger partial charge on any atom is 0.129 e. The summed E-state index contributed by atoms with van der Waals surface area (Å²) in [5, 5.41) is 8.99. The first-order valence-corrected chi connectivity index (χ1v) is 3.13. The number of anilines is 1. The molecule has 0 saturated carbocycles. The number of halogens is 1. The van der Waals surface area contributed by atoms with Crippen LogP contribution in [0.25, 0.3) is 0 Å². The number of aromatic nitrogens is 1. The first-order chi connectivity index (χ1) is 4.74. The Morgan fingerprint density at radius 3 is 2.80 bits per heavy atom. The molecule has 1 aromatic heterocycles. The van der Waals surface area contributed by atoms with Crippen molar-refractivity contribution in [2.45, 2.75) is 6.61 Å². The molecule has 0 bridgehead atoms. The Hall–Kier alpha value is -0.800.